The van der Waals surface area contributed by atoms with Crippen LogP contribution < -0.4 is 10.1 Å². The summed E-state index contributed by atoms with van der Waals surface area (Å²) in [6.07, 6.45) is 0. The molecule has 0 unspecified atom stereocenters. The number of halogens is 1. The van der Waals surface area contributed by atoms with Crippen molar-refractivity contribution in [2.24, 2.45) is 0 Å². The van der Waals surface area contributed by atoms with Crippen LogP contribution in [0.2, 0.25) is 5.02 Å². The van der Waals surface area contributed by atoms with Crippen LogP contribution in [-0.2, 0) is 0 Å². The summed E-state index contributed by atoms with van der Waals surface area (Å²) in [7, 11) is 0. The molecule has 5 nitrogen and oxygen atoms in total. The third-order valence-corrected chi connectivity index (χ3v) is 5.44. The van der Waals surface area contributed by atoms with Crippen molar-refractivity contribution in [1.82, 2.24) is 4.98 Å². The molecule has 0 saturated carbocycles. The minimum atomic E-state index is -0.268. The fraction of sp³-hybridized carbons (Fsp3) is 0.0769. The van der Waals surface area contributed by atoms with Crippen molar-refractivity contribution in [2.45, 2.75) is 6.92 Å². The maximum Gasteiger partial charge on any atom is 0.255 e. The number of benzene rings is 4. The van der Waals surface area contributed by atoms with Crippen LogP contribution in [-0.4, -0.2) is 17.5 Å². The van der Waals surface area contributed by atoms with Gasteiger partial charge >= 0.3 is 0 Å². The number of amides is 1. The molecule has 0 spiro atoms. The molecule has 0 radical (unpaired) electrons. The summed E-state index contributed by atoms with van der Waals surface area (Å²) in [6, 6.07) is 24.4. The first kappa shape index (κ1) is 20.1. The molecule has 1 amide bonds. The largest absolute Gasteiger partial charge is 0.492 e. The molecule has 0 saturated heterocycles. The number of hydrogen-bond donors (Lipinski definition) is 1. The van der Waals surface area contributed by atoms with E-state index in [1.165, 1.54) is 0 Å². The standard InChI is InChI=1S/C26H19ClN2O3/c1-2-31-22-12-11-17(15-21(22)27)25(30)28-19-8-5-7-18(14-19)26-29-24-20-9-4-3-6-16(20)10-13-23(24)32-26/h3-15H,2H2,1H3,(H,28,30). The number of nitrogens with zero attached hydrogens (tertiary/aromatic N) is 1. The molecule has 32 heavy (non-hydrogen) atoms. The molecule has 1 heterocycles. The van der Waals surface area contributed by atoms with Gasteiger partial charge in [0.05, 0.1) is 11.6 Å². The quantitative estimate of drug-likeness (QED) is 0.319. The lowest BCUT2D eigenvalue weighted by atomic mass is 10.1. The van der Waals surface area contributed by atoms with Crippen LogP contribution >= 0.6 is 11.6 Å². The molecule has 0 aliphatic heterocycles. The van der Waals surface area contributed by atoms with Crippen molar-refractivity contribution < 1.29 is 13.9 Å². The Morgan fingerprint density at radius 2 is 1.91 bits per heavy atom. The maximum absolute atomic E-state index is 12.7. The zero-order chi connectivity index (χ0) is 22.1. The van der Waals surface area contributed by atoms with Gasteiger partial charge in [-0.25, -0.2) is 4.98 Å². The molecular weight excluding hydrogens is 424 g/mol. The molecule has 0 fully saturated rings. The van der Waals surface area contributed by atoms with Gasteiger partial charge in [-0.05, 0) is 54.8 Å². The van der Waals surface area contributed by atoms with Gasteiger partial charge in [-0.1, -0.05) is 48.0 Å². The van der Waals surface area contributed by atoms with E-state index in [1.807, 2.05) is 67.6 Å². The lowest BCUT2D eigenvalue weighted by molar-refractivity contribution is 0.102. The van der Waals surface area contributed by atoms with Gasteiger partial charge in [-0.2, -0.15) is 0 Å². The van der Waals surface area contributed by atoms with Crippen LogP contribution in [0.15, 0.2) is 83.3 Å². The number of nitrogens with one attached hydrogen (secondary N) is 1. The summed E-state index contributed by atoms with van der Waals surface area (Å²) in [5, 5.41) is 5.44. The Morgan fingerprint density at radius 3 is 2.75 bits per heavy atom. The number of anilines is 1. The third-order valence-electron chi connectivity index (χ3n) is 5.14. The van der Waals surface area contributed by atoms with Crippen LogP contribution in [0, 0.1) is 0 Å². The monoisotopic (exact) mass is 442 g/mol. The molecule has 1 aromatic heterocycles. The molecule has 0 aliphatic rings. The Hall–Kier alpha value is -3.83. The van der Waals surface area contributed by atoms with Crippen molar-refractivity contribution in [1.29, 1.82) is 0 Å². The van der Waals surface area contributed by atoms with Crippen molar-refractivity contribution in [2.75, 3.05) is 11.9 Å². The summed E-state index contributed by atoms with van der Waals surface area (Å²) < 4.78 is 11.4. The molecule has 0 aliphatic carbocycles. The zero-order valence-corrected chi connectivity index (χ0v) is 18.0. The van der Waals surface area contributed by atoms with Gasteiger partial charge in [-0.15, -0.1) is 0 Å². The zero-order valence-electron chi connectivity index (χ0n) is 17.3. The molecule has 158 valence electrons. The van der Waals surface area contributed by atoms with Crippen LogP contribution in [0.5, 0.6) is 5.75 Å². The Bertz CT molecular complexity index is 1460. The van der Waals surface area contributed by atoms with E-state index in [0.29, 0.717) is 34.5 Å². The van der Waals surface area contributed by atoms with Gasteiger partial charge in [0.25, 0.3) is 5.91 Å². The van der Waals surface area contributed by atoms with E-state index in [4.69, 9.17) is 25.7 Å². The van der Waals surface area contributed by atoms with Crippen molar-refractivity contribution in [3.05, 3.63) is 89.4 Å². The first-order valence-corrected chi connectivity index (χ1v) is 10.6. The van der Waals surface area contributed by atoms with Gasteiger partial charge in [-0.3, -0.25) is 4.79 Å². The first-order valence-electron chi connectivity index (χ1n) is 10.2. The number of aromatic nitrogens is 1. The molecule has 5 aromatic rings. The highest BCUT2D eigenvalue weighted by Gasteiger charge is 2.13. The molecule has 0 bridgehead atoms. The highest BCUT2D eigenvalue weighted by Crippen LogP contribution is 2.31. The van der Waals surface area contributed by atoms with Gasteiger partial charge in [0.15, 0.2) is 5.58 Å². The van der Waals surface area contributed by atoms with Crippen LogP contribution in [0.1, 0.15) is 17.3 Å². The summed E-state index contributed by atoms with van der Waals surface area (Å²) in [5.41, 5.74) is 3.38. The van der Waals surface area contributed by atoms with Gasteiger partial charge in [0, 0.05) is 22.2 Å². The Kier molecular flexibility index (Phi) is 5.25. The lowest BCUT2D eigenvalue weighted by Crippen LogP contribution is -2.12. The number of carbonyl (C=O) groups is 1. The second-order valence-corrected chi connectivity index (χ2v) is 7.67. The van der Waals surface area contributed by atoms with E-state index in [0.717, 1.165) is 27.4 Å². The number of hydrogen-bond acceptors (Lipinski definition) is 4. The summed E-state index contributed by atoms with van der Waals surface area (Å²) in [5.74, 6) is 0.781. The predicted octanol–water partition coefficient (Wildman–Crippen LogP) is 6.95. The summed E-state index contributed by atoms with van der Waals surface area (Å²) >= 11 is 6.21. The maximum atomic E-state index is 12.7. The highest BCUT2D eigenvalue weighted by molar-refractivity contribution is 6.32. The first-order chi connectivity index (χ1) is 15.6. The average Bonchev–Trinajstić information content (AvgIpc) is 3.26. The molecule has 6 heteroatoms. The Labute approximate surface area is 189 Å². The number of oxazole rings is 1. The molecule has 5 rings (SSSR count). The number of ether oxygens (including phenoxy) is 1. The minimum absolute atomic E-state index is 0.268. The van der Waals surface area contributed by atoms with Crippen LogP contribution in [0.25, 0.3) is 33.3 Å². The van der Waals surface area contributed by atoms with E-state index in [2.05, 4.69) is 5.32 Å². The molecule has 0 atom stereocenters. The predicted molar refractivity (Wildman–Crippen MR) is 128 cm³/mol. The Morgan fingerprint density at radius 1 is 1.03 bits per heavy atom. The van der Waals surface area contributed by atoms with E-state index < -0.39 is 0 Å². The van der Waals surface area contributed by atoms with Gasteiger partial charge in [0.2, 0.25) is 5.89 Å². The van der Waals surface area contributed by atoms with Crippen molar-refractivity contribution in [3.8, 4) is 17.2 Å². The van der Waals surface area contributed by atoms with Gasteiger partial charge < -0.3 is 14.5 Å². The fourth-order valence-corrected chi connectivity index (χ4v) is 3.87. The summed E-state index contributed by atoms with van der Waals surface area (Å²) in [4.78, 5) is 17.4. The topological polar surface area (TPSA) is 64.4 Å². The number of rotatable bonds is 5. The van der Waals surface area contributed by atoms with Crippen LogP contribution in [0.3, 0.4) is 0 Å². The lowest BCUT2D eigenvalue weighted by Gasteiger charge is -2.09. The van der Waals surface area contributed by atoms with Crippen molar-refractivity contribution >= 4 is 45.1 Å². The normalized spacial score (nSPS) is 11.1. The minimum Gasteiger partial charge on any atom is -0.492 e. The average molecular weight is 443 g/mol. The molecule has 1 N–H and O–H groups in total. The van der Waals surface area contributed by atoms with Gasteiger partial charge in [0.1, 0.15) is 11.3 Å². The highest BCUT2D eigenvalue weighted by atomic mass is 35.5. The second-order valence-electron chi connectivity index (χ2n) is 7.27. The van der Waals surface area contributed by atoms with E-state index >= 15 is 0 Å². The smallest absolute Gasteiger partial charge is 0.255 e. The summed E-state index contributed by atoms with van der Waals surface area (Å²) in [6.45, 7) is 2.38. The van der Waals surface area contributed by atoms with Crippen LogP contribution in [0.4, 0.5) is 5.69 Å². The van der Waals surface area contributed by atoms with Crippen molar-refractivity contribution in [3.63, 3.8) is 0 Å². The molecular formula is C26H19ClN2O3. The SMILES string of the molecule is CCOc1ccc(C(=O)Nc2cccc(-c3nc4c(ccc5ccccc54)o3)c2)cc1Cl. The fourth-order valence-electron chi connectivity index (χ4n) is 3.63. The number of carbonyl (C=O) groups excluding carboxylic acids is 1. The number of fused-ring (bicyclic) bond motifs is 3. The third kappa shape index (κ3) is 3.79. The second kappa shape index (κ2) is 8.36. The molecule has 4 aromatic carbocycles. The van der Waals surface area contributed by atoms with E-state index in [9.17, 15) is 4.79 Å². The Balaban J connectivity index is 1.43. The van der Waals surface area contributed by atoms with E-state index in [-0.39, 0.29) is 5.91 Å². The van der Waals surface area contributed by atoms with E-state index in [1.54, 1.807) is 18.2 Å².